The molecule has 4 rings (SSSR count). The molecule has 1 fully saturated rings. The third-order valence-electron chi connectivity index (χ3n) is 6.43. The number of amides is 1. The van der Waals surface area contributed by atoms with Crippen molar-refractivity contribution in [2.24, 2.45) is 5.41 Å². The van der Waals surface area contributed by atoms with Gasteiger partial charge in [-0.05, 0) is 35.1 Å². The molecule has 0 heterocycles. The molecule has 0 unspecified atom stereocenters. The summed E-state index contributed by atoms with van der Waals surface area (Å²) in [6.07, 6.45) is 4.55. The van der Waals surface area contributed by atoms with Crippen LogP contribution in [0.15, 0.2) is 48.5 Å². The maximum absolute atomic E-state index is 12.4. The summed E-state index contributed by atoms with van der Waals surface area (Å²) in [6.45, 7) is 0.360. The van der Waals surface area contributed by atoms with Gasteiger partial charge in [0.15, 0.2) is 0 Å². The van der Waals surface area contributed by atoms with Gasteiger partial charge in [-0.2, -0.15) is 0 Å². The second-order valence-electron chi connectivity index (χ2n) is 8.18. The smallest absolute Gasteiger partial charge is 0.407 e. The van der Waals surface area contributed by atoms with Crippen LogP contribution in [0.5, 0.6) is 0 Å². The zero-order valence-electron chi connectivity index (χ0n) is 16.5. The fourth-order valence-electron chi connectivity index (χ4n) is 4.76. The van der Waals surface area contributed by atoms with Gasteiger partial charge < -0.3 is 15.2 Å². The van der Waals surface area contributed by atoms with Crippen molar-refractivity contribution in [1.29, 1.82) is 0 Å². The summed E-state index contributed by atoms with van der Waals surface area (Å²) >= 11 is 0. The first kappa shape index (κ1) is 19.5. The Bertz CT molecular complexity index is 854. The van der Waals surface area contributed by atoms with E-state index in [4.69, 9.17) is 4.74 Å². The SMILES string of the molecule is O=C(NCC1(C(=O)O)CCCCCC1)OCC1c2ccccc2-c2ccccc21. The van der Waals surface area contributed by atoms with E-state index in [0.29, 0.717) is 12.8 Å². The fraction of sp³-hybridized carbons (Fsp3) is 0.417. The summed E-state index contributed by atoms with van der Waals surface area (Å²) in [5, 5.41) is 12.5. The highest BCUT2D eigenvalue weighted by Crippen LogP contribution is 2.44. The molecule has 2 aromatic rings. The highest BCUT2D eigenvalue weighted by atomic mass is 16.5. The summed E-state index contributed by atoms with van der Waals surface area (Å²) in [7, 11) is 0. The van der Waals surface area contributed by atoms with Gasteiger partial charge in [0.1, 0.15) is 6.61 Å². The Morgan fingerprint density at radius 2 is 1.48 bits per heavy atom. The molecule has 152 valence electrons. The van der Waals surface area contributed by atoms with Crippen molar-refractivity contribution in [3.63, 3.8) is 0 Å². The van der Waals surface area contributed by atoms with Crippen LogP contribution in [0, 0.1) is 5.41 Å². The van der Waals surface area contributed by atoms with Crippen molar-refractivity contribution in [1.82, 2.24) is 5.32 Å². The van der Waals surface area contributed by atoms with E-state index in [0.717, 1.165) is 36.8 Å². The minimum absolute atomic E-state index is 0.000496. The number of rotatable bonds is 5. The largest absolute Gasteiger partial charge is 0.481 e. The predicted molar refractivity (Wildman–Crippen MR) is 111 cm³/mol. The van der Waals surface area contributed by atoms with E-state index >= 15 is 0 Å². The van der Waals surface area contributed by atoms with Crippen LogP contribution in [-0.2, 0) is 9.53 Å². The van der Waals surface area contributed by atoms with Gasteiger partial charge in [0, 0.05) is 12.5 Å². The normalized spacial score (nSPS) is 17.7. The van der Waals surface area contributed by atoms with Crippen molar-refractivity contribution < 1.29 is 19.4 Å². The maximum Gasteiger partial charge on any atom is 0.407 e. The van der Waals surface area contributed by atoms with Crippen molar-refractivity contribution >= 4 is 12.1 Å². The lowest BCUT2D eigenvalue weighted by Crippen LogP contribution is -2.43. The molecule has 2 aromatic carbocycles. The number of carboxylic acids is 1. The summed E-state index contributed by atoms with van der Waals surface area (Å²) in [6, 6.07) is 16.4. The number of carboxylic acid groups (broad SMARTS) is 1. The third kappa shape index (κ3) is 3.86. The van der Waals surface area contributed by atoms with Crippen molar-refractivity contribution in [2.75, 3.05) is 13.2 Å². The van der Waals surface area contributed by atoms with E-state index < -0.39 is 17.5 Å². The minimum atomic E-state index is -0.873. The number of carbonyl (C=O) groups is 2. The molecule has 29 heavy (non-hydrogen) atoms. The van der Waals surface area contributed by atoms with Crippen LogP contribution in [0.25, 0.3) is 11.1 Å². The number of ether oxygens (including phenoxy) is 1. The van der Waals surface area contributed by atoms with E-state index in [9.17, 15) is 14.7 Å². The van der Waals surface area contributed by atoms with Crippen LogP contribution < -0.4 is 5.32 Å². The highest BCUT2D eigenvalue weighted by molar-refractivity contribution is 5.79. The number of hydrogen-bond acceptors (Lipinski definition) is 3. The third-order valence-corrected chi connectivity index (χ3v) is 6.43. The Morgan fingerprint density at radius 3 is 2.03 bits per heavy atom. The molecule has 0 saturated heterocycles. The molecule has 2 aliphatic carbocycles. The Hall–Kier alpha value is -2.82. The molecule has 0 aliphatic heterocycles. The van der Waals surface area contributed by atoms with Crippen LogP contribution in [0.3, 0.4) is 0 Å². The zero-order chi connectivity index (χ0) is 20.3. The van der Waals surface area contributed by atoms with Gasteiger partial charge in [0.2, 0.25) is 0 Å². The van der Waals surface area contributed by atoms with Gasteiger partial charge >= 0.3 is 12.1 Å². The number of hydrogen-bond donors (Lipinski definition) is 2. The fourth-order valence-corrected chi connectivity index (χ4v) is 4.76. The van der Waals surface area contributed by atoms with E-state index in [1.807, 2.05) is 24.3 Å². The first-order chi connectivity index (χ1) is 14.1. The second-order valence-corrected chi connectivity index (χ2v) is 8.18. The number of nitrogens with one attached hydrogen (secondary N) is 1. The number of carbonyl (C=O) groups excluding carboxylic acids is 1. The van der Waals surface area contributed by atoms with Gasteiger partial charge in [-0.3, -0.25) is 4.79 Å². The van der Waals surface area contributed by atoms with Crippen LogP contribution in [0.1, 0.15) is 55.6 Å². The molecule has 0 radical (unpaired) electrons. The predicted octanol–water partition coefficient (Wildman–Crippen LogP) is 4.95. The van der Waals surface area contributed by atoms with Gasteiger partial charge in [0.25, 0.3) is 0 Å². The molecule has 0 bridgehead atoms. The lowest BCUT2D eigenvalue weighted by molar-refractivity contribution is -0.149. The Morgan fingerprint density at radius 1 is 0.931 bits per heavy atom. The Kier molecular flexibility index (Phi) is 5.56. The molecule has 5 nitrogen and oxygen atoms in total. The summed E-state index contributed by atoms with van der Waals surface area (Å²) in [4.78, 5) is 24.3. The van der Waals surface area contributed by atoms with Crippen molar-refractivity contribution in [3.05, 3.63) is 59.7 Å². The Labute approximate surface area is 171 Å². The highest BCUT2D eigenvalue weighted by Gasteiger charge is 2.39. The molecule has 1 amide bonds. The van der Waals surface area contributed by atoms with Crippen molar-refractivity contribution in [2.45, 2.75) is 44.4 Å². The van der Waals surface area contributed by atoms with E-state index in [2.05, 4.69) is 29.6 Å². The lowest BCUT2D eigenvalue weighted by Gasteiger charge is -2.28. The molecular formula is C24H27NO4. The van der Waals surface area contributed by atoms with E-state index in [1.165, 1.54) is 11.1 Å². The quantitative estimate of drug-likeness (QED) is 0.705. The molecule has 0 spiro atoms. The van der Waals surface area contributed by atoms with Crippen LogP contribution in [0.2, 0.25) is 0 Å². The number of alkyl carbamates (subject to hydrolysis) is 1. The van der Waals surface area contributed by atoms with Crippen LogP contribution in [-0.4, -0.2) is 30.3 Å². The van der Waals surface area contributed by atoms with E-state index in [-0.39, 0.29) is 19.1 Å². The molecule has 2 N–H and O–H groups in total. The van der Waals surface area contributed by atoms with Gasteiger partial charge in [-0.15, -0.1) is 0 Å². The van der Waals surface area contributed by atoms with Crippen LogP contribution >= 0.6 is 0 Å². The first-order valence-corrected chi connectivity index (χ1v) is 10.4. The maximum atomic E-state index is 12.4. The molecule has 0 aromatic heterocycles. The van der Waals surface area contributed by atoms with Gasteiger partial charge in [-0.1, -0.05) is 74.2 Å². The average molecular weight is 393 g/mol. The minimum Gasteiger partial charge on any atom is -0.481 e. The summed E-state index contributed by atoms with van der Waals surface area (Å²) < 4.78 is 5.54. The molecule has 2 aliphatic rings. The zero-order valence-corrected chi connectivity index (χ0v) is 16.5. The lowest BCUT2D eigenvalue weighted by atomic mass is 9.80. The van der Waals surface area contributed by atoms with Crippen LogP contribution in [0.4, 0.5) is 4.79 Å². The van der Waals surface area contributed by atoms with Gasteiger partial charge in [0.05, 0.1) is 5.41 Å². The second kappa shape index (κ2) is 8.27. The average Bonchev–Trinajstić information content (AvgIpc) is 2.88. The number of benzene rings is 2. The molecule has 5 heteroatoms. The first-order valence-electron chi connectivity index (χ1n) is 10.4. The molecular weight excluding hydrogens is 366 g/mol. The Balaban J connectivity index is 1.40. The van der Waals surface area contributed by atoms with E-state index in [1.54, 1.807) is 0 Å². The monoisotopic (exact) mass is 393 g/mol. The topological polar surface area (TPSA) is 75.6 Å². The van der Waals surface area contributed by atoms with Gasteiger partial charge in [-0.25, -0.2) is 4.79 Å². The number of fused-ring (bicyclic) bond motifs is 3. The summed E-state index contributed by atoms with van der Waals surface area (Å²) in [5.74, 6) is -0.821. The number of aliphatic carboxylic acids is 1. The summed E-state index contributed by atoms with van der Waals surface area (Å²) in [5.41, 5.74) is 3.81. The van der Waals surface area contributed by atoms with Crippen molar-refractivity contribution in [3.8, 4) is 11.1 Å². The standard InChI is InChI=1S/C24H27NO4/c26-22(27)24(13-7-1-2-8-14-24)16-25-23(28)29-15-21-19-11-5-3-9-17(19)18-10-4-6-12-20(18)21/h3-6,9-12,21H,1-2,7-8,13-16H2,(H,25,28)(H,26,27). The molecule has 1 saturated carbocycles. The molecule has 0 atom stereocenters.